The minimum absolute atomic E-state index is 0.178. The Morgan fingerprint density at radius 3 is 2.11 bits per heavy atom. The van der Waals surface area contributed by atoms with Gasteiger partial charge in [-0.2, -0.15) is 0 Å². The first-order valence-corrected chi connectivity index (χ1v) is 9.83. The van der Waals surface area contributed by atoms with E-state index in [1.807, 2.05) is 12.1 Å². The van der Waals surface area contributed by atoms with Gasteiger partial charge < -0.3 is 10.6 Å². The molecule has 0 amide bonds. The average molecular weight is 383 g/mol. The maximum atomic E-state index is 11.9. The van der Waals surface area contributed by atoms with Crippen LogP contribution in [0.3, 0.4) is 0 Å². The first-order valence-electron chi connectivity index (χ1n) is 8.34. The van der Waals surface area contributed by atoms with Crippen LogP contribution in [0.5, 0.6) is 0 Å². The lowest BCUT2D eigenvalue weighted by atomic mass is 10.1. The molecule has 0 fully saturated rings. The number of aryl methyl sites for hydroxylation is 2. The Hall–Kier alpha value is -2.97. The van der Waals surface area contributed by atoms with Crippen LogP contribution in [0.4, 0.5) is 23.0 Å². The third kappa shape index (κ3) is 4.60. The van der Waals surface area contributed by atoms with E-state index in [9.17, 15) is 8.42 Å². The number of anilines is 4. The summed E-state index contributed by atoms with van der Waals surface area (Å²) in [6.07, 6.45) is 1.44. The lowest BCUT2D eigenvalue weighted by Gasteiger charge is -2.11. The van der Waals surface area contributed by atoms with E-state index in [1.54, 1.807) is 24.3 Å². The molecular formula is C19H21N5O2S. The minimum atomic E-state index is -3.50. The second-order valence-electron chi connectivity index (χ2n) is 6.07. The van der Waals surface area contributed by atoms with Gasteiger partial charge in [0.2, 0.25) is 10.0 Å². The van der Waals surface area contributed by atoms with Crippen molar-refractivity contribution in [2.24, 2.45) is 0 Å². The average Bonchev–Trinajstić information content (AvgIpc) is 2.65. The fraction of sp³-hybridized carbons (Fsp3) is 0.158. The van der Waals surface area contributed by atoms with Crippen molar-refractivity contribution in [1.82, 2.24) is 14.7 Å². The molecule has 2 aromatic carbocycles. The molecule has 140 valence electrons. The number of hydrogen-bond acceptors (Lipinski definition) is 6. The molecule has 0 radical (unpaired) electrons. The van der Waals surface area contributed by atoms with Gasteiger partial charge in [0.05, 0.1) is 4.90 Å². The number of nitrogens with one attached hydrogen (secondary N) is 3. The van der Waals surface area contributed by atoms with Crippen LogP contribution in [0.15, 0.2) is 59.8 Å². The third-order valence-corrected chi connectivity index (χ3v) is 5.54. The largest absolute Gasteiger partial charge is 0.340 e. The number of rotatable bonds is 6. The smallest absolute Gasteiger partial charge is 0.240 e. The highest BCUT2D eigenvalue weighted by Gasteiger charge is 2.11. The highest BCUT2D eigenvalue weighted by Crippen LogP contribution is 2.22. The Bertz CT molecular complexity index is 1070. The van der Waals surface area contributed by atoms with Crippen LogP contribution >= 0.6 is 0 Å². The van der Waals surface area contributed by atoms with Crippen LogP contribution in [-0.2, 0) is 10.0 Å². The van der Waals surface area contributed by atoms with Crippen molar-refractivity contribution in [2.75, 3.05) is 17.7 Å². The molecule has 0 unspecified atom stereocenters. The molecule has 1 aromatic heterocycles. The molecule has 0 atom stereocenters. The molecule has 27 heavy (non-hydrogen) atoms. The van der Waals surface area contributed by atoms with E-state index in [0.29, 0.717) is 17.3 Å². The number of nitrogens with zero attached hydrogens (tertiary/aromatic N) is 2. The molecule has 0 aliphatic carbocycles. The first kappa shape index (κ1) is 18.8. The van der Waals surface area contributed by atoms with Crippen LogP contribution in [0.1, 0.15) is 11.1 Å². The summed E-state index contributed by atoms with van der Waals surface area (Å²) in [7, 11) is -2.13. The van der Waals surface area contributed by atoms with E-state index in [1.165, 1.54) is 30.6 Å². The van der Waals surface area contributed by atoms with E-state index < -0.39 is 10.0 Å². The van der Waals surface area contributed by atoms with E-state index in [2.05, 4.69) is 45.2 Å². The Morgan fingerprint density at radius 1 is 0.815 bits per heavy atom. The highest BCUT2D eigenvalue weighted by atomic mass is 32.2. The van der Waals surface area contributed by atoms with Crippen molar-refractivity contribution in [2.45, 2.75) is 18.7 Å². The molecule has 0 saturated heterocycles. The molecule has 0 bridgehead atoms. The summed E-state index contributed by atoms with van der Waals surface area (Å²) in [4.78, 5) is 8.60. The molecule has 1 heterocycles. The van der Waals surface area contributed by atoms with Gasteiger partial charge in [0, 0.05) is 17.4 Å². The van der Waals surface area contributed by atoms with Crippen molar-refractivity contribution >= 4 is 33.0 Å². The topological polar surface area (TPSA) is 96.0 Å². The summed E-state index contributed by atoms with van der Waals surface area (Å²) in [5.41, 5.74) is 3.96. The number of aromatic nitrogens is 2. The van der Waals surface area contributed by atoms with E-state index >= 15 is 0 Å². The first-order chi connectivity index (χ1) is 12.9. The molecule has 3 aromatic rings. The van der Waals surface area contributed by atoms with Crippen LogP contribution in [0.2, 0.25) is 0 Å². The lowest BCUT2D eigenvalue weighted by Crippen LogP contribution is -2.18. The summed E-state index contributed by atoms with van der Waals surface area (Å²) in [5, 5.41) is 6.35. The zero-order chi connectivity index (χ0) is 19.4. The number of hydrogen-bond donors (Lipinski definition) is 3. The summed E-state index contributed by atoms with van der Waals surface area (Å²) in [5.74, 6) is 1.19. The van der Waals surface area contributed by atoms with Crippen molar-refractivity contribution in [3.63, 3.8) is 0 Å². The highest BCUT2D eigenvalue weighted by molar-refractivity contribution is 7.89. The van der Waals surface area contributed by atoms with Crippen molar-refractivity contribution in [3.8, 4) is 0 Å². The van der Waals surface area contributed by atoms with Gasteiger partial charge in [0.25, 0.3) is 0 Å². The van der Waals surface area contributed by atoms with Crippen molar-refractivity contribution < 1.29 is 8.42 Å². The number of sulfonamides is 1. The predicted octanol–water partition coefficient (Wildman–Crippen LogP) is 3.49. The molecular weight excluding hydrogens is 362 g/mol. The van der Waals surface area contributed by atoms with Gasteiger partial charge in [-0.05, 0) is 62.4 Å². The van der Waals surface area contributed by atoms with Crippen LogP contribution in [0.25, 0.3) is 0 Å². The zero-order valence-corrected chi connectivity index (χ0v) is 16.1. The van der Waals surface area contributed by atoms with E-state index in [-0.39, 0.29) is 4.90 Å². The second-order valence-corrected chi connectivity index (χ2v) is 7.96. The third-order valence-electron chi connectivity index (χ3n) is 4.13. The van der Waals surface area contributed by atoms with Gasteiger partial charge in [-0.3, -0.25) is 0 Å². The van der Waals surface area contributed by atoms with Gasteiger partial charge in [0.15, 0.2) is 0 Å². The van der Waals surface area contributed by atoms with Crippen LogP contribution in [0, 0.1) is 13.8 Å². The normalized spacial score (nSPS) is 11.2. The summed E-state index contributed by atoms with van der Waals surface area (Å²) >= 11 is 0. The fourth-order valence-electron chi connectivity index (χ4n) is 2.47. The Labute approximate surface area is 158 Å². The minimum Gasteiger partial charge on any atom is -0.340 e. The molecule has 0 aliphatic rings. The second kappa shape index (κ2) is 7.73. The molecule has 8 heteroatoms. The molecule has 7 nitrogen and oxygen atoms in total. The fourth-order valence-corrected chi connectivity index (χ4v) is 3.24. The van der Waals surface area contributed by atoms with Gasteiger partial charge in [-0.1, -0.05) is 12.1 Å². The van der Waals surface area contributed by atoms with E-state index in [4.69, 9.17) is 0 Å². The predicted molar refractivity (Wildman–Crippen MR) is 107 cm³/mol. The van der Waals surface area contributed by atoms with Gasteiger partial charge in [0.1, 0.15) is 18.0 Å². The van der Waals surface area contributed by atoms with Gasteiger partial charge in [-0.25, -0.2) is 23.1 Å². The van der Waals surface area contributed by atoms with Crippen LogP contribution < -0.4 is 15.4 Å². The maximum Gasteiger partial charge on any atom is 0.240 e. The van der Waals surface area contributed by atoms with E-state index in [0.717, 1.165) is 5.69 Å². The molecule has 0 saturated carbocycles. The summed E-state index contributed by atoms with van der Waals surface area (Å²) in [6, 6.07) is 14.4. The number of benzene rings is 2. The monoisotopic (exact) mass is 383 g/mol. The van der Waals surface area contributed by atoms with Crippen molar-refractivity contribution in [3.05, 3.63) is 66.0 Å². The molecule has 0 spiro atoms. The lowest BCUT2D eigenvalue weighted by molar-refractivity contribution is 0.588. The Morgan fingerprint density at radius 2 is 1.48 bits per heavy atom. The molecule has 3 N–H and O–H groups in total. The van der Waals surface area contributed by atoms with Gasteiger partial charge >= 0.3 is 0 Å². The zero-order valence-electron chi connectivity index (χ0n) is 15.3. The Balaban J connectivity index is 1.80. The SMILES string of the molecule is CNS(=O)(=O)c1cccc(Nc2cc(Nc3ccc(C)c(C)c3)ncn2)c1. The summed E-state index contributed by atoms with van der Waals surface area (Å²) in [6.45, 7) is 4.12. The van der Waals surface area contributed by atoms with Crippen LogP contribution in [-0.4, -0.2) is 25.4 Å². The Kier molecular flexibility index (Phi) is 5.38. The van der Waals surface area contributed by atoms with Gasteiger partial charge in [-0.15, -0.1) is 0 Å². The van der Waals surface area contributed by atoms with Crippen molar-refractivity contribution in [1.29, 1.82) is 0 Å². The maximum absolute atomic E-state index is 11.9. The molecule has 0 aliphatic heterocycles. The quantitative estimate of drug-likeness (QED) is 0.603. The summed E-state index contributed by atoms with van der Waals surface area (Å²) < 4.78 is 26.2. The standard InChI is InChI=1S/C19H21N5O2S/c1-13-7-8-16(9-14(13)2)24-19-11-18(21-12-22-19)23-15-5-4-6-17(10-15)27(25,26)20-3/h4-12,20H,1-3H3,(H2,21,22,23,24). The molecule has 3 rings (SSSR count).